The van der Waals surface area contributed by atoms with E-state index in [-0.39, 0.29) is 5.56 Å². The third-order valence-electron chi connectivity index (χ3n) is 5.27. The summed E-state index contributed by atoms with van der Waals surface area (Å²) in [5.41, 5.74) is 7.94. The molecule has 0 aromatic heterocycles. The van der Waals surface area contributed by atoms with Gasteiger partial charge in [-0.15, -0.1) is 0 Å². The van der Waals surface area contributed by atoms with Gasteiger partial charge in [0.25, 0.3) is 5.91 Å². The zero-order valence-corrected chi connectivity index (χ0v) is 15.7. The Bertz CT molecular complexity index is 1050. The topological polar surface area (TPSA) is 95.7 Å². The van der Waals surface area contributed by atoms with Gasteiger partial charge in [0.1, 0.15) is 0 Å². The number of anilines is 2. The second kappa shape index (κ2) is 7.31. The molecule has 0 spiro atoms. The molecule has 6 heteroatoms. The smallest absolute Gasteiger partial charge is 0.335 e. The molecular formula is C23H21N3O3. The van der Waals surface area contributed by atoms with Crippen LogP contribution in [0.15, 0.2) is 78.9 Å². The maximum absolute atomic E-state index is 12.8. The Balaban J connectivity index is 1.81. The number of hydrogen-bond acceptors (Lipinski definition) is 4. The standard InChI is InChI=1S/C23H21N3O3/c24-22(29)23(18-9-5-2-6-10-18)25-19-15-17(21(27)28)11-12-20(19)26(23)14-13-16-7-3-1-4-8-16/h1-12,15,25H,13-14H2,(H2,24,29)(H,27,28). The summed E-state index contributed by atoms with van der Waals surface area (Å²) in [6.45, 7) is 0.522. The quantitative estimate of drug-likeness (QED) is 0.604. The number of nitrogens with two attached hydrogens (primary N) is 1. The summed E-state index contributed by atoms with van der Waals surface area (Å²) in [6.07, 6.45) is 0.699. The number of aromatic carboxylic acids is 1. The van der Waals surface area contributed by atoms with E-state index in [0.29, 0.717) is 24.2 Å². The molecule has 1 heterocycles. The predicted molar refractivity (Wildman–Crippen MR) is 112 cm³/mol. The fourth-order valence-corrected chi connectivity index (χ4v) is 3.87. The Morgan fingerprint density at radius 3 is 2.24 bits per heavy atom. The maximum Gasteiger partial charge on any atom is 0.335 e. The molecule has 0 bridgehead atoms. The number of carbonyl (C=O) groups is 2. The molecule has 0 fully saturated rings. The lowest BCUT2D eigenvalue weighted by Crippen LogP contribution is -2.57. The second-order valence-corrected chi connectivity index (χ2v) is 6.99. The molecule has 1 unspecified atom stereocenters. The number of amides is 1. The Morgan fingerprint density at radius 1 is 0.966 bits per heavy atom. The molecule has 29 heavy (non-hydrogen) atoms. The van der Waals surface area contributed by atoms with E-state index in [1.807, 2.05) is 65.6 Å². The first-order valence-corrected chi connectivity index (χ1v) is 9.35. The lowest BCUT2D eigenvalue weighted by atomic mass is 9.96. The van der Waals surface area contributed by atoms with Crippen molar-refractivity contribution in [3.8, 4) is 0 Å². The van der Waals surface area contributed by atoms with Crippen LogP contribution < -0.4 is 16.0 Å². The van der Waals surface area contributed by atoms with E-state index < -0.39 is 17.5 Å². The van der Waals surface area contributed by atoms with Crippen LogP contribution in [0, 0.1) is 0 Å². The summed E-state index contributed by atoms with van der Waals surface area (Å²) in [7, 11) is 0. The minimum Gasteiger partial charge on any atom is -0.478 e. The molecular weight excluding hydrogens is 366 g/mol. The summed E-state index contributed by atoms with van der Waals surface area (Å²) < 4.78 is 0. The maximum atomic E-state index is 12.8. The van der Waals surface area contributed by atoms with Gasteiger partial charge in [0.2, 0.25) is 5.66 Å². The van der Waals surface area contributed by atoms with Crippen molar-refractivity contribution < 1.29 is 14.7 Å². The van der Waals surface area contributed by atoms with E-state index in [9.17, 15) is 14.7 Å². The van der Waals surface area contributed by atoms with Crippen LogP contribution in [0.25, 0.3) is 0 Å². The molecule has 146 valence electrons. The molecule has 1 aliphatic rings. The van der Waals surface area contributed by atoms with Gasteiger partial charge in [-0.05, 0) is 30.2 Å². The van der Waals surface area contributed by atoms with Crippen LogP contribution in [0.1, 0.15) is 21.5 Å². The number of nitrogens with zero attached hydrogens (tertiary/aromatic N) is 1. The molecule has 6 nitrogen and oxygen atoms in total. The summed E-state index contributed by atoms with van der Waals surface area (Å²) in [6, 6.07) is 24.1. The number of hydrogen-bond donors (Lipinski definition) is 3. The number of fused-ring (bicyclic) bond motifs is 1. The van der Waals surface area contributed by atoms with Crippen LogP contribution in [0.2, 0.25) is 0 Å². The second-order valence-electron chi connectivity index (χ2n) is 6.99. The van der Waals surface area contributed by atoms with Crippen LogP contribution in [0.4, 0.5) is 11.4 Å². The van der Waals surface area contributed by atoms with Gasteiger partial charge in [-0.2, -0.15) is 0 Å². The Hall–Kier alpha value is -3.80. The normalized spacial score (nSPS) is 17.4. The van der Waals surface area contributed by atoms with Crippen LogP contribution in [-0.2, 0) is 16.9 Å². The van der Waals surface area contributed by atoms with Crippen molar-refractivity contribution in [3.63, 3.8) is 0 Å². The highest BCUT2D eigenvalue weighted by molar-refractivity contribution is 6.00. The van der Waals surface area contributed by atoms with Gasteiger partial charge in [-0.1, -0.05) is 60.7 Å². The minimum atomic E-state index is -1.30. The largest absolute Gasteiger partial charge is 0.478 e. The summed E-state index contributed by atoms with van der Waals surface area (Å²) in [5.74, 6) is -1.58. The number of rotatable bonds is 6. The van der Waals surface area contributed by atoms with Gasteiger partial charge < -0.3 is 21.1 Å². The van der Waals surface area contributed by atoms with Crippen LogP contribution in [-0.4, -0.2) is 23.5 Å². The average molecular weight is 387 g/mol. The zero-order valence-electron chi connectivity index (χ0n) is 15.7. The minimum absolute atomic E-state index is 0.146. The highest BCUT2D eigenvalue weighted by Crippen LogP contribution is 2.45. The first kappa shape index (κ1) is 18.6. The van der Waals surface area contributed by atoms with Crippen LogP contribution in [0.5, 0.6) is 0 Å². The Labute approximate surface area is 168 Å². The first-order chi connectivity index (χ1) is 14.0. The van der Waals surface area contributed by atoms with E-state index in [0.717, 1.165) is 11.3 Å². The van der Waals surface area contributed by atoms with Crippen molar-refractivity contribution in [2.45, 2.75) is 12.1 Å². The molecule has 0 radical (unpaired) electrons. The summed E-state index contributed by atoms with van der Waals surface area (Å²) in [5, 5.41) is 12.6. The lowest BCUT2D eigenvalue weighted by Gasteiger charge is -2.38. The lowest BCUT2D eigenvalue weighted by molar-refractivity contribution is -0.122. The third-order valence-corrected chi connectivity index (χ3v) is 5.27. The fourth-order valence-electron chi connectivity index (χ4n) is 3.87. The predicted octanol–water partition coefficient (Wildman–Crippen LogP) is 3.20. The molecule has 3 aromatic rings. The number of primary amides is 1. The van der Waals surface area contributed by atoms with Gasteiger partial charge in [0, 0.05) is 12.1 Å². The van der Waals surface area contributed by atoms with Gasteiger partial charge in [-0.25, -0.2) is 4.79 Å². The van der Waals surface area contributed by atoms with Crippen LogP contribution in [0.3, 0.4) is 0 Å². The number of benzene rings is 3. The van der Waals surface area contributed by atoms with Crippen molar-refractivity contribution in [2.24, 2.45) is 5.73 Å². The van der Waals surface area contributed by atoms with Crippen LogP contribution >= 0.6 is 0 Å². The molecule has 1 aliphatic heterocycles. The van der Waals surface area contributed by atoms with E-state index in [1.54, 1.807) is 18.2 Å². The third kappa shape index (κ3) is 3.18. The molecule has 1 atom stereocenters. The zero-order chi connectivity index (χ0) is 20.4. The van der Waals surface area contributed by atoms with E-state index in [1.165, 1.54) is 0 Å². The van der Waals surface area contributed by atoms with Crippen molar-refractivity contribution in [3.05, 3.63) is 95.6 Å². The Morgan fingerprint density at radius 2 is 1.62 bits per heavy atom. The highest BCUT2D eigenvalue weighted by Gasteiger charge is 2.50. The monoisotopic (exact) mass is 387 g/mol. The molecule has 0 aliphatic carbocycles. The number of carboxylic acids is 1. The SMILES string of the molecule is NC(=O)C1(c2ccccc2)Nc2cc(C(=O)O)ccc2N1CCc1ccccc1. The number of nitrogens with one attached hydrogen (secondary N) is 1. The number of carboxylic acid groups (broad SMARTS) is 1. The molecule has 3 aromatic carbocycles. The highest BCUT2D eigenvalue weighted by atomic mass is 16.4. The van der Waals surface area contributed by atoms with Gasteiger partial charge >= 0.3 is 5.97 Å². The Kier molecular flexibility index (Phi) is 4.68. The molecule has 1 amide bonds. The first-order valence-electron chi connectivity index (χ1n) is 9.35. The molecule has 0 saturated carbocycles. The molecule has 0 saturated heterocycles. The average Bonchev–Trinajstić information content (AvgIpc) is 3.08. The fraction of sp³-hybridized carbons (Fsp3) is 0.130. The van der Waals surface area contributed by atoms with Gasteiger partial charge in [-0.3, -0.25) is 4.79 Å². The molecule has 4 rings (SSSR count). The van der Waals surface area contributed by atoms with E-state index in [2.05, 4.69) is 5.32 Å². The van der Waals surface area contributed by atoms with Crippen molar-refractivity contribution in [1.29, 1.82) is 0 Å². The van der Waals surface area contributed by atoms with Gasteiger partial charge in [0.15, 0.2) is 0 Å². The molecule has 4 N–H and O–H groups in total. The van der Waals surface area contributed by atoms with E-state index in [4.69, 9.17) is 5.73 Å². The van der Waals surface area contributed by atoms with Gasteiger partial charge in [0.05, 0.1) is 16.9 Å². The van der Waals surface area contributed by atoms with Crippen molar-refractivity contribution in [2.75, 3.05) is 16.8 Å². The summed E-state index contributed by atoms with van der Waals surface area (Å²) >= 11 is 0. The van der Waals surface area contributed by atoms with Crippen molar-refractivity contribution in [1.82, 2.24) is 0 Å². The van der Waals surface area contributed by atoms with E-state index >= 15 is 0 Å². The summed E-state index contributed by atoms with van der Waals surface area (Å²) in [4.78, 5) is 26.2. The van der Waals surface area contributed by atoms with Crippen molar-refractivity contribution >= 4 is 23.3 Å². The number of carbonyl (C=O) groups excluding carboxylic acids is 1.